The summed E-state index contributed by atoms with van der Waals surface area (Å²) in [5.41, 5.74) is 1.58. The van der Waals surface area contributed by atoms with E-state index in [4.69, 9.17) is 21.4 Å². The van der Waals surface area contributed by atoms with Gasteiger partial charge in [0.05, 0.1) is 6.61 Å². The van der Waals surface area contributed by atoms with Crippen molar-refractivity contribution in [2.75, 3.05) is 6.61 Å². The number of aliphatic hydroxyl groups excluding tert-OH is 1. The number of carboxylic acids is 1. The molecule has 0 heterocycles. The van der Waals surface area contributed by atoms with E-state index in [-0.39, 0.29) is 25.4 Å². The normalized spacial score (nSPS) is 12.8. The van der Waals surface area contributed by atoms with E-state index >= 15 is 0 Å². The number of carbonyl (C=O) groups is 3. The lowest BCUT2D eigenvalue weighted by molar-refractivity contribution is -0.155. The molecule has 0 spiro atoms. The lowest BCUT2D eigenvalue weighted by atomic mass is 9.97. The maximum Gasteiger partial charge on any atom is 0.394 e. The minimum Gasteiger partial charge on any atom is -0.474 e. The summed E-state index contributed by atoms with van der Waals surface area (Å²) in [7, 11) is 0. The van der Waals surface area contributed by atoms with Crippen molar-refractivity contribution in [1.82, 2.24) is 5.32 Å². The number of hydrogen-bond donors (Lipinski definition) is 3. The highest BCUT2D eigenvalue weighted by Crippen LogP contribution is 2.26. The van der Waals surface area contributed by atoms with Gasteiger partial charge in [0.1, 0.15) is 5.82 Å². The van der Waals surface area contributed by atoms with E-state index in [1.165, 1.54) is 18.2 Å². The van der Waals surface area contributed by atoms with E-state index in [1.807, 2.05) is 13.8 Å². The van der Waals surface area contributed by atoms with Crippen LogP contribution in [0.5, 0.6) is 0 Å². The number of esters is 1. The minimum absolute atomic E-state index is 0.0801. The van der Waals surface area contributed by atoms with Crippen molar-refractivity contribution in [2.24, 2.45) is 5.92 Å². The van der Waals surface area contributed by atoms with Gasteiger partial charge in [0, 0.05) is 23.0 Å². The van der Waals surface area contributed by atoms with E-state index in [0.717, 1.165) is 0 Å². The van der Waals surface area contributed by atoms with E-state index in [9.17, 15) is 23.9 Å². The Morgan fingerprint density at radius 2 is 1.78 bits per heavy atom. The van der Waals surface area contributed by atoms with Crippen LogP contribution in [0.1, 0.15) is 25.8 Å². The highest BCUT2D eigenvalue weighted by Gasteiger charge is 2.25. The standard InChI is InChI=1S/C23H25ClFNO6/c1-13(2)12-32-23(31)20(27)11-17(26-21(28)22(29)30)9-14-3-5-15(6-4-14)18-10-16(24)7-8-19(18)25/h3-8,10,13,17,20,27H,9,11-12H2,1-2H3,(H,26,28)(H,29,30)/t17-,20-/m1/s1. The molecule has 3 N–H and O–H groups in total. The number of ether oxygens (including phenoxy) is 1. The molecule has 0 fully saturated rings. The summed E-state index contributed by atoms with van der Waals surface area (Å²) < 4.78 is 19.1. The van der Waals surface area contributed by atoms with E-state index < -0.39 is 35.8 Å². The topological polar surface area (TPSA) is 113 Å². The lowest BCUT2D eigenvalue weighted by Gasteiger charge is -2.21. The molecule has 0 radical (unpaired) electrons. The van der Waals surface area contributed by atoms with Gasteiger partial charge in [0.15, 0.2) is 6.10 Å². The van der Waals surface area contributed by atoms with Gasteiger partial charge >= 0.3 is 17.8 Å². The second-order valence-corrected chi connectivity index (χ2v) is 8.21. The first-order valence-electron chi connectivity index (χ1n) is 9.99. The fourth-order valence-corrected chi connectivity index (χ4v) is 3.15. The third-order valence-electron chi connectivity index (χ3n) is 4.54. The predicted octanol–water partition coefficient (Wildman–Crippen LogP) is 3.21. The number of nitrogens with one attached hydrogen (secondary N) is 1. The minimum atomic E-state index is -1.68. The fourth-order valence-electron chi connectivity index (χ4n) is 2.97. The van der Waals surface area contributed by atoms with Crippen LogP contribution in [0.4, 0.5) is 4.39 Å². The molecule has 0 saturated heterocycles. The van der Waals surface area contributed by atoms with Crippen molar-refractivity contribution in [2.45, 2.75) is 38.8 Å². The number of benzene rings is 2. The van der Waals surface area contributed by atoms with Crippen LogP contribution in [0.15, 0.2) is 42.5 Å². The zero-order valence-corrected chi connectivity index (χ0v) is 18.4. The Labute approximate surface area is 190 Å². The number of carbonyl (C=O) groups excluding carboxylic acids is 2. The fraction of sp³-hybridized carbons (Fsp3) is 0.348. The molecule has 2 aromatic rings. The monoisotopic (exact) mass is 465 g/mol. The molecule has 2 aromatic carbocycles. The van der Waals surface area contributed by atoms with Crippen LogP contribution in [0.25, 0.3) is 11.1 Å². The van der Waals surface area contributed by atoms with Crippen molar-refractivity contribution in [3.05, 3.63) is 58.9 Å². The summed E-state index contributed by atoms with van der Waals surface area (Å²) in [6, 6.07) is 10.0. The Hall–Kier alpha value is -2.97. The number of carboxylic acid groups (broad SMARTS) is 1. The Morgan fingerprint density at radius 3 is 2.38 bits per heavy atom. The van der Waals surface area contributed by atoms with Gasteiger partial charge in [0.25, 0.3) is 0 Å². The maximum atomic E-state index is 14.1. The highest BCUT2D eigenvalue weighted by atomic mass is 35.5. The molecule has 0 unspecified atom stereocenters. The van der Waals surface area contributed by atoms with E-state index in [0.29, 0.717) is 21.7 Å². The van der Waals surface area contributed by atoms with Gasteiger partial charge in [-0.3, -0.25) is 4.79 Å². The summed E-state index contributed by atoms with van der Waals surface area (Å²) in [6.07, 6.45) is -1.64. The molecule has 0 aliphatic rings. The summed E-state index contributed by atoms with van der Waals surface area (Å²) in [5, 5.41) is 21.7. The number of hydrogen-bond acceptors (Lipinski definition) is 5. The van der Waals surface area contributed by atoms with Crippen LogP contribution >= 0.6 is 11.6 Å². The van der Waals surface area contributed by atoms with Crippen LogP contribution in [0.3, 0.4) is 0 Å². The van der Waals surface area contributed by atoms with Gasteiger partial charge in [-0.1, -0.05) is 49.7 Å². The van der Waals surface area contributed by atoms with E-state index in [2.05, 4.69) is 5.32 Å². The Bertz CT molecular complexity index is 963. The Kier molecular flexibility index (Phi) is 9.16. The smallest absolute Gasteiger partial charge is 0.394 e. The summed E-state index contributed by atoms with van der Waals surface area (Å²) in [6.45, 7) is 3.81. The first-order valence-corrected chi connectivity index (χ1v) is 10.4. The van der Waals surface area contributed by atoms with Gasteiger partial charge in [-0.05, 0) is 41.7 Å². The third kappa shape index (κ3) is 7.62. The van der Waals surface area contributed by atoms with Crippen LogP contribution in [-0.4, -0.2) is 46.8 Å². The van der Waals surface area contributed by atoms with Crippen molar-refractivity contribution in [1.29, 1.82) is 0 Å². The van der Waals surface area contributed by atoms with Crippen LogP contribution in [0, 0.1) is 11.7 Å². The van der Waals surface area contributed by atoms with Crippen molar-refractivity contribution in [3.8, 4) is 11.1 Å². The maximum absolute atomic E-state index is 14.1. The molecule has 0 aromatic heterocycles. The van der Waals surface area contributed by atoms with Gasteiger partial charge in [-0.2, -0.15) is 0 Å². The van der Waals surface area contributed by atoms with Crippen LogP contribution < -0.4 is 5.32 Å². The number of aliphatic carboxylic acids is 1. The molecule has 7 nitrogen and oxygen atoms in total. The molecule has 0 aliphatic carbocycles. The van der Waals surface area contributed by atoms with Crippen molar-refractivity contribution in [3.63, 3.8) is 0 Å². The predicted molar refractivity (Wildman–Crippen MR) is 117 cm³/mol. The molecule has 1 amide bonds. The van der Waals surface area contributed by atoms with Crippen molar-refractivity contribution >= 4 is 29.4 Å². The lowest BCUT2D eigenvalue weighted by Crippen LogP contribution is -2.43. The Balaban J connectivity index is 2.14. The molecule has 0 saturated carbocycles. The van der Waals surface area contributed by atoms with Crippen LogP contribution in [0.2, 0.25) is 5.02 Å². The molecule has 172 valence electrons. The summed E-state index contributed by atoms with van der Waals surface area (Å²) in [5.74, 6) is -4.14. The first kappa shape index (κ1) is 25.3. The van der Waals surface area contributed by atoms with Gasteiger partial charge < -0.3 is 20.3 Å². The Morgan fingerprint density at radius 1 is 1.12 bits per heavy atom. The van der Waals surface area contributed by atoms with E-state index in [1.54, 1.807) is 24.3 Å². The number of aliphatic hydroxyl groups is 1. The van der Waals surface area contributed by atoms with Gasteiger partial charge in [0.2, 0.25) is 0 Å². The first-order chi connectivity index (χ1) is 15.1. The van der Waals surface area contributed by atoms with Gasteiger partial charge in [-0.15, -0.1) is 0 Å². The third-order valence-corrected chi connectivity index (χ3v) is 4.78. The highest BCUT2D eigenvalue weighted by molar-refractivity contribution is 6.31. The number of amides is 1. The number of rotatable bonds is 9. The zero-order valence-electron chi connectivity index (χ0n) is 17.7. The molecule has 32 heavy (non-hydrogen) atoms. The molecule has 0 bridgehead atoms. The van der Waals surface area contributed by atoms with Gasteiger partial charge in [-0.25, -0.2) is 14.0 Å². The second-order valence-electron chi connectivity index (χ2n) is 7.78. The average molecular weight is 466 g/mol. The van der Waals surface area contributed by atoms with Crippen LogP contribution in [-0.2, 0) is 25.5 Å². The zero-order chi connectivity index (χ0) is 23.8. The molecule has 2 atom stereocenters. The molecule has 2 rings (SSSR count). The molecular formula is C23H25ClFNO6. The second kappa shape index (κ2) is 11.6. The number of halogens is 2. The summed E-state index contributed by atoms with van der Waals surface area (Å²) in [4.78, 5) is 34.6. The molecule has 9 heteroatoms. The SMILES string of the molecule is CC(C)COC(=O)[C@H](O)C[C@@H](Cc1ccc(-c2cc(Cl)ccc2F)cc1)NC(=O)C(=O)O. The van der Waals surface area contributed by atoms with Crippen molar-refractivity contribution < 1.29 is 33.7 Å². The largest absolute Gasteiger partial charge is 0.474 e. The summed E-state index contributed by atoms with van der Waals surface area (Å²) >= 11 is 5.94. The molecular weight excluding hydrogens is 441 g/mol. The quantitative estimate of drug-likeness (QED) is 0.387. The average Bonchev–Trinajstić information content (AvgIpc) is 2.74. The molecule has 0 aliphatic heterocycles.